The summed E-state index contributed by atoms with van der Waals surface area (Å²) in [5.41, 5.74) is 3.07. The van der Waals surface area contributed by atoms with Crippen molar-refractivity contribution in [1.29, 1.82) is 0 Å². The molecule has 0 unspecified atom stereocenters. The molecule has 7 nitrogen and oxygen atoms in total. The quantitative estimate of drug-likeness (QED) is 0.764. The Bertz CT molecular complexity index is 854. The fourth-order valence-corrected chi connectivity index (χ4v) is 2.75. The highest BCUT2D eigenvalue weighted by molar-refractivity contribution is 6.01. The zero-order valence-electron chi connectivity index (χ0n) is 17.0. The molecule has 0 spiro atoms. The molecule has 1 atom stereocenters. The monoisotopic (exact) mass is 386 g/mol. The second-order valence-corrected chi connectivity index (χ2v) is 6.42. The second-order valence-electron chi connectivity index (χ2n) is 6.42. The fraction of sp³-hybridized carbons (Fsp3) is 0.333. The Labute approximate surface area is 165 Å². The number of hydrogen-bond acceptors (Lipinski definition) is 5. The van der Waals surface area contributed by atoms with Crippen molar-refractivity contribution in [2.45, 2.75) is 26.8 Å². The summed E-state index contributed by atoms with van der Waals surface area (Å²) in [7, 11) is 4.43. The molecule has 0 aliphatic carbocycles. The Kier molecular flexibility index (Phi) is 6.87. The van der Waals surface area contributed by atoms with Gasteiger partial charge < -0.3 is 24.8 Å². The lowest BCUT2D eigenvalue weighted by atomic mass is 10.1. The van der Waals surface area contributed by atoms with Crippen molar-refractivity contribution in [2.24, 2.45) is 0 Å². The predicted octanol–water partition coefficient (Wildman–Crippen LogP) is 3.09. The SMILES string of the molecule is COc1cc(C(=O)N[C@@H](C)C(=O)Nc2ccc(C)cc2C)cc(OC)c1OC. The number of benzene rings is 2. The van der Waals surface area contributed by atoms with Gasteiger partial charge in [-0.1, -0.05) is 17.7 Å². The van der Waals surface area contributed by atoms with Gasteiger partial charge >= 0.3 is 0 Å². The van der Waals surface area contributed by atoms with Gasteiger partial charge in [0.15, 0.2) is 11.5 Å². The molecule has 2 amide bonds. The molecule has 0 aliphatic heterocycles. The molecule has 28 heavy (non-hydrogen) atoms. The number of carbonyl (C=O) groups excluding carboxylic acids is 2. The van der Waals surface area contributed by atoms with Gasteiger partial charge in [-0.15, -0.1) is 0 Å². The first-order valence-electron chi connectivity index (χ1n) is 8.79. The van der Waals surface area contributed by atoms with E-state index in [-0.39, 0.29) is 5.91 Å². The van der Waals surface area contributed by atoms with E-state index >= 15 is 0 Å². The van der Waals surface area contributed by atoms with Crippen molar-refractivity contribution in [3.8, 4) is 17.2 Å². The van der Waals surface area contributed by atoms with E-state index < -0.39 is 11.9 Å². The van der Waals surface area contributed by atoms with Gasteiger partial charge in [0.2, 0.25) is 11.7 Å². The van der Waals surface area contributed by atoms with E-state index in [2.05, 4.69) is 10.6 Å². The Balaban J connectivity index is 2.14. The molecule has 0 aliphatic rings. The van der Waals surface area contributed by atoms with Crippen LogP contribution in [0.5, 0.6) is 17.2 Å². The van der Waals surface area contributed by atoms with Gasteiger partial charge in [-0.05, 0) is 44.5 Å². The third kappa shape index (κ3) is 4.73. The van der Waals surface area contributed by atoms with Crippen LogP contribution in [0.25, 0.3) is 0 Å². The van der Waals surface area contributed by atoms with E-state index in [1.807, 2.05) is 32.0 Å². The van der Waals surface area contributed by atoms with Crippen LogP contribution in [0.2, 0.25) is 0 Å². The number of nitrogens with one attached hydrogen (secondary N) is 2. The summed E-state index contributed by atoms with van der Waals surface area (Å²) >= 11 is 0. The average molecular weight is 386 g/mol. The van der Waals surface area contributed by atoms with E-state index in [1.54, 1.807) is 6.92 Å². The summed E-state index contributed by atoms with van der Waals surface area (Å²) < 4.78 is 15.8. The van der Waals surface area contributed by atoms with E-state index in [0.717, 1.165) is 11.1 Å². The van der Waals surface area contributed by atoms with E-state index in [9.17, 15) is 9.59 Å². The first kappa shape index (κ1) is 21.1. The summed E-state index contributed by atoms with van der Waals surface area (Å²) in [6, 6.07) is 8.07. The molecule has 0 fully saturated rings. The van der Waals surface area contributed by atoms with Crippen LogP contribution in [0.1, 0.15) is 28.4 Å². The minimum atomic E-state index is -0.743. The molecule has 7 heteroatoms. The van der Waals surface area contributed by atoms with Crippen LogP contribution in [0.15, 0.2) is 30.3 Å². The minimum absolute atomic E-state index is 0.292. The topological polar surface area (TPSA) is 85.9 Å². The van der Waals surface area contributed by atoms with Gasteiger partial charge in [0.1, 0.15) is 6.04 Å². The summed E-state index contributed by atoms with van der Waals surface area (Å²) in [6.45, 7) is 5.52. The Morgan fingerprint density at radius 1 is 0.929 bits per heavy atom. The molecule has 0 radical (unpaired) electrons. The highest BCUT2D eigenvalue weighted by Gasteiger charge is 2.21. The third-order valence-electron chi connectivity index (χ3n) is 4.31. The normalized spacial score (nSPS) is 11.4. The van der Waals surface area contributed by atoms with Crippen LogP contribution in [-0.4, -0.2) is 39.2 Å². The summed E-state index contributed by atoms with van der Waals surface area (Å²) in [4.78, 5) is 25.1. The Morgan fingerprint density at radius 2 is 1.54 bits per heavy atom. The average Bonchev–Trinajstić information content (AvgIpc) is 2.68. The maximum absolute atomic E-state index is 12.6. The van der Waals surface area contributed by atoms with Crippen LogP contribution in [0.3, 0.4) is 0 Å². The van der Waals surface area contributed by atoms with E-state index in [4.69, 9.17) is 14.2 Å². The second kappa shape index (κ2) is 9.12. The number of methoxy groups -OCH3 is 3. The maximum atomic E-state index is 12.6. The number of ether oxygens (including phenoxy) is 3. The van der Waals surface area contributed by atoms with Gasteiger partial charge in [0, 0.05) is 11.3 Å². The van der Waals surface area contributed by atoms with Gasteiger partial charge in [-0.25, -0.2) is 0 Å². The number of hydrogen-bond donors (Lipinski definition) is 2. The molecule has 0 bridgehead atoms. The van der Waals surface area contributed by atoms with Gasteiger partial charge in [0.05, 0.1) is 21.3 Å². The minimum Gasteiger partial charge on any atom is -0.493 e. The highest BCUT2D eigenvalue weighted by Crippen LogP contribution is 2.38. The van der Waals surface area contributed by atoms with Crippen molar-refractivity contribution < 1.29 is 23.8 Å². The molecule has 2 aromatic rings. The first-order chi connectivity index (χ1) is 13.3. The van der Waals surface area contributed by atoms with Crippen LogP contribution in [-0.2, 0) is 4.79 Å². The number of amides is 2. The lowest BCUT2D eigenvalue weighted by Gasteiger charge is -2.17. The van der Waals surface area contributed by atoms with Crippen LogP contribution >= 0.6 is 0 Å². The summed E-state index contributed by atoms with van der Waals surface area (Å²) in [5, 5.41) is 5.52. The van der Waals surface area contributed by atoms with Gasteiger partial charge in [0.25, 0.3) is 5.91 Å². The molecule has 0 saturated heterocycles. The number of rotatable bonds is 7. The molecule has 2 rings (SSSR count). The molecular formula is C21H26N2O5. The van der Waals surface area contributed by atoms with Gasteiger partial charge in [-0.3, -0.25) is 9.59 Å². The Morgan fingerprint density at radius 3 is 2.04 bits per heavy atom. The highest BCUT2D eigenvalue weighted by atomic mass is 16.5. The smallest absolute Gasteiger partial charge is 0.252 e. The first-order valence-corrected chi connectivity index (χ1v) is 8.79. The molecule has 0 saturated carbocycles. The lowest BCUT2D eigenvalue weighted by molar-refractivity contribution is -0.117. The summed E-state index contributed by atoms with van der Waals surface area (Å²) in [6.07, 6.45) is 0. The molecular weight excluding hydrogens is 360 g/mol. The van der Waals surface area contributed by atoms with Crippen molar-refractivity contribution in [3.63, 3.8) is 0 Å². The third-order valence-corrected chi connectivity index (χ3v) is 4.31. The van der Waals surface area contributed by atoms with Crippen molar-refractivity contribution in [1.82, 2.24) is 5.32 Å². The van der Waals surface area contributed by atoms with E-state index in [0.29, 0.717) is 28.5 Å². The van der Waals surface area contributed by atoms with Crippen LogP contribution in [0, 0.1) is 13.8 Å². The van der Waals surface area contributed by atoms with Gasteiger partial charge in [-0.2, -0.15) is 0 Å². The fourth-order valence-electron chi connectivity index (χ4n) is 2.75. The lowest BCUT2D eigenvalue weighted by Crippen LogP contribution is -2.41. The van der Waals surface area contributed by atoms with Crippen molar-refractivity contribution in [2.75, 3.05) is 26.6 Å². The zero-order chi connectivity index (χ0) is 20.8. The molecule has 150 valence electrons. The number of carbonyl (C=O) groups is 2. The molecule has 2 N–H and O–H groups in total. The number of aryl methyl sites for hydroxylation is 2. The van der Waals surface area contributed by atoms with Crippen molar-refractivity contribution >= 4 is 17.5 Å². The van der Waals surface area contributed by atoms with E-state index in [1.165, 1.54) is 33.5 Å². The molecule has 0 aromatic heterocycles. The Hall–Kier alpha value is -3.22. The van der Waals surface area contributed by atoms with Crippen molar-refractivity contribution in [3.05, 3.63) is 47.0 Å². The van der Waals surface area contributed by atoms with Crippen LogP contribution < -0.4 is 24.8 Å². The maximum Gasteiger partial charge on any atom is 0.252 e. The van der Waals surface area contributed by atoms with Crippen LogP contribution in [0.4, 0.5) is 5.69 Å². The molecule has 2 aromatic carbocycles. The summed E-state index contributed by atoms with van der Waals surface area (Å²) in [5.74, 6) is 0.372. The zero-order valence-corrected chi connectivity index (χ0v) is 17.0. The number of anilines is 1. The predicted molar refractivity (Wildman–Crippen MR) is 108 cm³/mol. The molecule has 0 heterocycles. The largest absolute Gasteiger partial charge is 0.493 e. The standard InChI is InChI=1S/C21H26N2O5/c1-12-7-8-16(13(2)9-12)23-20(24)14(3)22-21(25)15-10-17(26-4)19(28-6)18(11-15)27-5/h7-11,14H,1-6H3,(H,22,25)(H,23,24)/t14-/m0/s1.